The van der Waals surface area contributed by atoms with Gasteiger partial charge in [-0.05, 0) is 27.0 Å². The molecule has 0 saturated carbocycles. The van der Waals surface area contributed by atoms with Crippen LogP contribution in [0.25, 0.3) is 0 Å². The van der Waals surface area contributed by atoms with Gasteiger partial charge in [-0.1, -0.05) is 0 Å². The highest BCUT2D eigenvalue weighted by atomic mass is 32.2. The van der Waals surface area contributed by atoms with Crippen molar-refractivity contribution in [2.75, 3.05) is 39.7 Å². The monoisotopic (exact) mass is 265 g/mol. The van der Waals surface area contributed by atoms with Crippen LogP contribution in [0.5, 0.6) is 0 Å². The Morgan fingerprint density at radius 1 is 1.35 bits per heavy atom. The van der Waals surface area contributed by atoms with Crippen molar-refractivity contribution in [1.82, 2.24) is 5.32 Å². The van der Waals surface area contributed by atoms with Gasteiger partial charge in [-0.25, -0.2) is 0 Å². The van der Waals surface area contributed by atoms with E-state index in [9.17, 15) is 5.11 Å². The predicted octanol–water partition coefficient (Wildman–Crippen LogP) is 1.13. The van der Waals surface area contributed by atoms with Crippen LogP contribution in [0.1, 0.15) is 20.8 Å². The third-order valence-corrected chi connectivity index (χ3v) is 3.71. The summed E-state index contributed by atoms with van der Waals surface area (Å²) in [6, 6.07) is 0. The van der Waals surface area contributed by atoms with Crippen molar-refractivity contribution >= 4 is 11.8 Å². The van der Waals surface area contributed by atoms with E-state index in [1.165, 1.54) is 0 Å². The molecule has 0 rings (SSSR count). The maximum atomic E-state index is 9.70. The first-order chi connectivity index (χ1) is 7.91. The van der Waals surface area contributed by atoms with Gasteiger partial charge in [0.2, 0.25) is 0 Å². The maximum Gasteiger partial charge on any atom is 0.0897 e. The molecular formula is C12H27NO3S. The van der Waals surface area contributed by atoms with Gasteiger partial charge in [0, 0.05) is 24.9 Å². The number of aliphatic hydroxyl groups is 1. The average molecular weight is 265 g/mol. The maximum absolute atomic E-state index is 9.70. The third kappa shape index (κ3) is 9.85. The lowest BCUT2D eigenvalue weighted by Gasteiger charge is -2.23. The second-order valence-electron chi connectivity index (χ2n) is 4.85. The molecule has 2 atom stereocenters. The van der Waals surface area contributed by atoms with E-state index in [0.717, 1.165) is 6.54 Å². The number of methoxy groups -OCH3 is 1. The van der Waals surface area contributed by atoms with Crippen LogP contribution in [0, 0.1) is 0 Å². The predicted molar refractivity (Wildman–Crippen MR) is 73.8 cm³/mol. The fraction of sp³-hybridized carbons (Fsp3) is 1.00. The Bertz CT molecular complexity index is 191. The van der Waals surface area contributed by atoms with Crippen LogP contribution in [-0.4, -0.2) is 61.7 Å². The van der Waals surface area contributed by atoms with Crippen LogP contribution in [0.4, 0.5) is 0 Å². The van der Waals surface area contributed by atoms with E-state index < -0.39 is 6.10 Å². The van der Waals surface area contributed by atoms with Gasteiger partial charge in [-0.15, -0.1) is 0 Å². The van der Waals surface area contributed by atoms with E-state index in [2.05, 4.69) is 25.4 Å². The molecule has 0 aromatic heterocycles. The molecule has 104 valence electrons. The number of aliphatic hydroxyl groups excluding tert-OH is 1. The third-order valence-electron chi connectivity index (χ3n) is 2.46. The standard InChI is InChI=1S/C12H27NO3S/c1-10(7-15-4)16-8-11(14)6-13-9-12(2,3)17-5/h10-11,13-14H,6-9H2,1-5H3. The van der Waals surface area contributed by atoms with Gasteiger partial charge in [0.05, 0.1) is 25.4 Å². The minimum Gasteiger partial charge on any atom is -0.389 e. The van der Waals surface area contributed by atoms with Crippen molar-refractivity contribution < 1.29 is 14.6 Å². The minimum absolute atomic E-state index is 0.0253. The zero-order chi connectivity index (χ0) is 13.3. The Morgan fingerprint density at radius 2 is 2.00 bits per heavy atom. The molecule has 0 fully saturated rings. The topological polar surface area (TPSA) is 50.7 Å². The van der Waals surface area contributed by atoms with E-state index in [0.29, 0.717) is 19.8 Å². The number of thioether (sulfide) groups is 1. The number of hydrogen-bond acceptors (Lipinski definition) is 5. The summed E-state index contributed by atoms with van der Waals surface area (Å²) in [7, 11) is 1.64. The Balaban J connectivity index is 3.56. The Hall–Kier alpha value is 0.190. The van der Waals surface area contributed by atoms with Crippen LogP contribution in [-0.2, 0) is 9.47 Å². The molecule has 4 nitrogen and oxygen atoms in total. The quantitative estimate of drug-likeness (QED) is 0.620. The van der Waals surface area contributed by atoms with Crippen LogP contribution in [0.3, 0.4) is 0 Å². The molecule has 0 saturated heterocycles. The number of ether oxygens (including phenoxy) is 2. The summed E-state index contributed by atoms with van der Waals surface area (Å²) in [6.45, 7) is 8.61. The smallest absolute Gasteiger partial charge is 0.0897 e. The number of hydrogen-bond donors (Lipinski definition) is 2. The van der Waals surface area contributed by atoms with Gasteiger partial charge in [-0.2, -0.15) is 11.8 Å². The van der Waals surface area contributed by atoms with Gasteiger partial charge in [0.25, 0.3) is 0 Å². The average Bonchev–Trinajstić information content (AvgIpc) is 2.26. The van der Waals surface area contributed by atoms with Gasteiger partial charge in [-0.3, -0.25) is 0 Å². The van der Waals surface area contributed by atoms with Gasteiger partial charge in [0.15, 0.2) is 0 Å². The first-order valence-corrected chi connectivity index (χ1v) is 7.18. The largest absolute Gasteiger partial charge is 0.389 e. The summed E-state index contributed by atoms with van der Waals surface area (Å²) in [4.78, 5) is 0. The molecule has 2 N–H and O–H groups in total. The van der Waals surface area contributed by atoms with E-state index in [1.807, 2.05) is 18.7 Å². The Labute approximate surface area is 109 Å². The summed E-state index contributed by atoms with van der Waals surface area (Å²) in [5.41, 5.74) is 0. The zero-order valence-electron chi connectivity index (χ0n) is 11.7. The molecule has 0 aliphatic carbocycles. The molecule has 5 heteroatoms. The highest BCUT2D eigenvalue weighted by Crippen LogP contribution is 2.19. The molecule has 0 spiro atoms. The molecule has 0 aromatic carbocycles. The SMILES string of the molecule is COCC(C)OCC(O)CNCC(C)(C)SC. The van der Waals surface area contributed by atoms with Crippen molar-refractivity contribution in [3.63, 3.8) is 0 Å². The first kappa shape index (κ1) is 17.2. The molecule has 0 aliphatic rings. The van der Waals surface area contributed by atoms with Crippen molar-refractivity contribution in [3.05, 3.63) is 0 Å². The zero-order valence-corrected chi connectivity index (χ0v) is 12.5. The van der Waals surface area contributed by atoms with Gasteiger partial charge < -0.3 is 19.9 Å². The molecule has 0 amide bonds. The van der Waals surface area contributed by atoms with E-state index in [1.54, 1.807) is 7.11 Å². The van der Waals surface area contributed by atoms with Crippen LogP contribution < -0.4 is 5.32 Å². The van der Waals surface area contributed by atoms with E-state index in [-0.39, 0.29) is 10.9 Å². The highest BCUT2D eigenvalue weighted by Gasteiger charge is 2.16. The van der Waals surface area contributed by atoms with Crippen LogP contribution in [0.15, 0.2) is 0 Å². The second-order valence-corrected chi connectivity index (χ2v) is 6.36. The van der Waals surface area contributed by atoms with Crippen molar-refractivity contribution in [2.45, 2.75) is 37.7 Å². The summed E-state index contributed by atoms with van der Waals surface area (Å²) in [5.74, 6) is 0. The lowest BCUT2D eigenvalue weighted by molar-refractivity contribution is -0.0310. The van der Waals surface area contributed by atoms with E-state index in [4.69, 9.17) is 9.47 Å². The second kappa shape index (κ2) is 9.16. The first-order valence-electron chi connectivity index (χ1n) is 5.95. The molecule has 0 aliphatic heterocycles. The fourth-order valence-corrected chi connectivity index (χ4v) is 1.48. The summed E-state index contributed by atoms with van der Waals surface area (Å²) in [5, 5.41) is 13.0. The van der Waals surface area contributed by atoms with Crippen molar-refractivity contribution in [1.29, 1.82) is 0 Å². The van der Waals surface area contributed by atoms with Crippen LogP contribution in [0.2, 0.25) is 0 Å². The lowest BCUT2D eigenvalue weighted by atomic mass is 10.2. The van der Waals surface area contributed by atoms with Crippen LogP contribution >= 0.6 is 11.8 Å². The fourth-order valence-electron chi connectivity index (χ4n) is 1.23. The summed E-state index contributed by atoms with van der Waals surface area (Å²) >= 11 is 1.81. The Kier molecular flexibility index (Phi) is 9.27. The van der Waals surface area contributed by atoms with Gasteiger partial charge in [0.1, 0.15) is 0 Å². The summed E-state index contributed by atoms with van der Waals surface area (Å²) in [6.07, 6.45) is 1.65. The van der Waals surface area contributed by atoms with Crippen molar-refractivity contribution in [3.8, 4) is 0 Å². The highest BCUT2D eigenvalue weighted by molar-refractivity contribution is 7.99. The molecule has 2 unspecified atom stereocenters. The number of rotatable bonds is 10. The summed E-state index contributed by atoms with van der Waals surface area (Å²) < 4.78 is 10.6. The van der Waals surface area contributed by atoms with Crippen molar-refractivity contribution in [2.24, 2.45) is 0 Å². The van der Waals surface area contributed by atoms with E-state index >= 15 is 0 Å². The minimum atomic E-state index is -0.466. The molecule has 0 heterocycles. The van der Waals surface area contributed by atoms with Gasteiger partial charge >= 0.3 is 0 Å². The Morgan fingerprint density at radius 3 is 2.53 bits per heavy atom. The number of nitrogens with one attached hydrogen (secondary N) is 1. The molecule has 17 heavy (non-hydrogen) atoms. The molecule has 0 radical (unpaired) electrons. The normalized spacial score (nSPS) is 15.9. The molecular weight excluding hydrogens is 238 g/mol. The lowest BCUT2D eigenvalue weighted by Crippen LogP contribution is -2.38. The molecule has 0 bridgehead atoms. The molecule has 0 aromatic rings.